The smallest absolute Gasteiger partial charge is 0.0204 e. The van der Waals surface area contributed by atoms with E-state index in [4.69, 9.17) is 0 Å². The van der Waals surface area contributed by atoms with Crippen molar-refractivity contribution in [2.24, 2.45) is 0 Å². The first-order valence-electron chi connectivity index (χ1n) is 4.60. The molecule has 0 unspecified atom stereocenters. The van der Waals surface area contributed by atoms with Gasteiger partial charge < -0.3 is 0 Å². The van der Waals surface area contributed by atoms with Crippen molar-refractivity contribution < 1.29 is 0 Å². The summed E-state index contributed by atoms with van der Waals surface area (Å²) in [6.45, 7) is 9.68. The highest BCUT2D eigenvalue weighted by Gasteiger charge is 2.05. The van der Waals surface area contributed by atoms with E-state index in [0.717, 1.165) is 18.4 Å². The number of allylic oxidation sites excluding steroid dienone is 8. The first-order valence-corrected chi connectivity index (χ1v) is 4.60. The van der Waals surface area contributed by atoms with Crippen LogP contribution in [0.2, 0.25) is 0 Å². The van der Waals surface area contributed by atoms with Crippen LogP contribution in [-0.4, -0.2) is 0 Å². The van der Waals surface area contributed by atoms with Gasteiger partial charge in [-0.05, 0) is 30.9 Å². The molecule has 0 saturated heterocycles. The Hall–Kier alpha value is -1.30. The Balaban J connectivity index is 2.97. The predicted octanol–water partition coefficient (Wildman–Crippen LogP) is 3.95. The van der Waals surface area contributed by atoms with Gasteiger partial charge in [0.05, 0.1) is 0 Å². The van der Waals surface area contributed by atoms with E-state index >= 15 is 0 Å². The van der Waals surface area contributed by atoms with E-state index in [0.29, 0.717) is 0 Å². The molecule has 1 aliphatic rings. The number of rotatable bonds is 3. The molecule has 0 atom stereocenters. The fraction of sp³-hybridized carbons (Fsp3) is 0.231. The molecule has 0 heterocycles. The molecule has 0 nitrogen and oxygen atoms in total. The van der Waals surface area contributed by atoms with Crippen molar-refractivity contribution in [1.29, 1.82) is 0 Å². The molecular weight excluding hydrogens is 156 g/mol. The Morgan fingerprint density at radius 2 is 2.31 bits per heavy atom. The monoisotopic (exact) mass is 172 g/mol. The second-order valence-corrected chi connectivity index (χ2v) is 3.26. The molecule has 0 aliphatic heterocycles. The lowest BCUT2D eigenvalue weighted by molar-refractivity contribution is 0.972. The van der Waals surface area contributed by atoms with Gasteiger partial charge in [-0.15, -0.1) is 0 Å². The normalized spacial score (nSPS) is 16.7. The number of hydrogen-bond acceptors (Lipinski definition) is 0. The Morgan fingerprint density at radius 3 is 2.92 bits per heavy atom. The molecule has 1 rings (SSSR count). The zero-order chi connectivity index (χ0) is 9.68. The Bertz CT molecular complexity index is 298. The zero-order valence-corrected chi connectivity index (χ0v) is 8.22. The highest BCUT2D eigenvalue weighted by Crippen LogP contribution is 2.24. The second-order valence-electron chi connectivity index (χ2n) is 3.26. The standard InChI is InChI=1S/C13H16/c1-4-5-8-12-9-6-7-10-13(12)11(2)3/h4-5,7-8,10H,1-2,6,9H2,3H3/b8-5-. The molecule has 0 saturated carbocycles. The fourth-order valence-electron chi connectivity index (χ4n) is 1.46. The molecule has 1 aliphatic carbocycles. The van der Waals surface area contributed by atoms with Crippen LogP contribution in [0.15, 0.2) is 60.3 Å². The van der Waals surface area contributed by atoms with Crippen LogP contribution in [0.4, 0.5) is 0 Å². The van der Waals surface area contributed by atoms with E-state index in [1.54, 1.807) is 6.08 Å². The van der Waals surface area contributed by atoms with Crippen LogP contribution in [-0.2, 0) is 0 Å². The highest BCUT2D eigenvalue weighted by molar-refractivity contribution is 5.47. The van der Waals surface area contributed by atoms with Gasteiger partial charge >= 0.3 is 0 Å². The molecular formula is C13H16. The minimum absolute atomic E-state index is 1.11. The summed E-state index contributed by atoms with van der Waals surface area (Å²) in [5.41, 5.74) is 3.79. The van der Waals surface area contributed by atoms with Gasteiger partial charge in [-0.25, -0.2) is 0 Å². The van der Waals surface area contributed by atoms with Crippen molar-refractivity contribution in [2.75, 3.05) is 0 Å². The Labute approximate surface area is 80.7 Å². The molecule has 0 amide bonds. The summed E-state index contributed by atoms with van der Waals surface area (Å²) < 4.78 is 0. The van der Waals surface area contributed by atoms with Gasteiger partial charge in [-0.1, -0.05) is 49.1 Å². The first-order chi connectivity index (χ1) is 6.25. The van der Waals surface area contributed by atoms with Crippen LogP contribution in [0.1, 0.15) is 19.8 Å². The molecule has 0 radical (unpaired) electrons. The summed E-state index contributed by atoms with van der Waals surface area (Å²) in [7, 11) is 0. The lowest BCUT2D eigenvalue weighted by atomic mass is 9.93. The lowest BCUT2D eigenvalue weighted by Gasteiger charge is -2.12. The maximum atomic E-state index is 3.97. The van der Waals surface area contributed by atoms with Gasteiger partial charge in [0.2, 0.25) is 0 Å². The molecule has 0 bridgehead atoms. The van der Waals surface area contributed by atoms with Crippen LogP contribution in [0.5, 0.6) is 0 Å². The maximum Gasteiger partial charge on any atom is -0.0204 e. The van der Waals surface area contributed by atoms with Gasteiger partial charge in [0.1, 0.15) is 0 Å². The van der Waals surface area contributed by atoms with E-state index in [1.165, 1.54) is 11.1 Å². The maximum absolute atomic E-state index is 3.97. The summed E-state index contributed by atoms with van der Waals surface area (Å²) in [5.74, 6) is 0. The third kappa shape index (κ3) is 2.59. The molecule has 0 aromatic heterocycles. The van der Waals surface area contributed by atoms with E-state index in [1.807, 2.05) is 13.0 Å². The van der Waals surface area contributed by atoms with Crippen LogP contribution >= 0.6 is 0 Å². The molecule has 0 heteroatoms. The van der Waals surface area contributed by atoms with Crippen LogP contribution in [0.3, 0.4) is 0 Å². The predicted molar refractivity (Wildman–Crippen MR) is 59.6 cm³/mol. The van der Waals surface area contributed by atoms with E-state index in [2.05, 4.69) is 31.4 Å². The third-order valence-electron chi connectivity index (χ3n) is 2.10. The van der Waals surface area contributed by atoms with Gasteiger partial charge in [0, 0.05) is 0 Å². The van der Waals surface area contributed by atoms with E-state index in [9.17, 15) is 0 Å². The SMILES string of the molecule is C=C/C=C\C1=C(C(=C)C)C=CCC1. The molecule has 0 aromatic carbocycles. The van der Waals surface area contributed by atoms with Crippen molar-refractivity contribution in [1.82, 2.24) is 0 Å². The van der Waals surface area contributed by atoms with Gasteiger partial charge in [-0.2, -0.15) is 0 Å². The molecule has 0 spiro atoms. The zero-order valence-electron chi connectivity index (χ0n) is 8.22. The minimum Gasteiger partial charge on any atom is -0.0991 e. The average molecular weight is 172 g/mol. The molecule has 0 fully saturated rings. The van der Waals surface area contributed by atoms with Crippen molar-refractivity contribution >= 4 is 0 Å². The van der Waals surface area contributed by atoms with E-state index < -0.39 is 0 Å². The van der Waals surface area contributed by atoms with Gasteiger partial charge in [-0.3, -0.25) is 0 Å². The second kappa shape index (κ2) is 4.66. The minimum atomic E-state index is 1.11. The van der Waals surface area contributed by atoms with E-state index in [-0.39, 0.29) is 0 Å². The van der Waals surface area contributed by atoms with Crippen LogP contribution < -0.4 is 0 Å². The number of hydrogen-bond donors (Lipinski definition) is 0. The molecule has 0 aromatic rings. The molecule has 13 heavy (non-hydrogen) atoms. The topological polar surface area (TPSA) is 0 Å². The molecule has 0 N–H and O–H groups in total. The first kappa shape index (κ1) is 9.79. The lowest BCUT2D eigenvalue weighted by Crippen LogP contribution is -1.93. The summed E-state index contributed by atoms with van der Waals surface area (Å²) >= 11 is 0. The van der Waals surface area contributed by atoms with Crippen LogP contribution in [0.25, 0.3) is 0 Å². The summed E-state index contributed by atoms with van der Waals surface area (Å²) in [6, 6.07) is 0. The third-order valence-corrected chi connectivity index (χ3v) is 2.10. The van der Waals surface area contributed by atoms with Crippen LogP contribution in [0, 0.1) is 0 Å². The largest absolute Gasteiger partial charge is 0.0991 e. The van der Waals surface area contributed by atoms with Crippen molar-refractivity contribution in [2.45, 2.75) is 19.8 Å². The molecule has 68 valence electrons. The van der Waals surface area contributed by atoms with Gasteiger partial charge in [0.15, 0.2) is 0 Å². The highest BCUT2D eigenvalue weighted by atomic mass is 14.1. The summed E-state index contributed by atoms with van der Waals surface area (Å²) in [6.07, 6.45) is 12.5. The van der Waals surface area contributed by atoms with Crippen molar-refractivity contribution in [3.05, 3.63) is 60.3 Å². The quantitative estimate of drug-likeness (QED) is 0.565. The van der Waals surface area contributed by atoms with Crippen molar-refractivity contribution in [3.8, 4) is 0 Å². The average Bonchev–Trinajstić information content (AvgIpc) is 2.15. The summed E-state index contributed by atoms with van der Waals surface area (Å²) in [5, 5.41) is 0. The Morgan fingerprint density at radius 1 is 1.54 bits per heavy atom. The van der Waals surface area contributed by atoms with Crippen molar-refractivity contribution in [3.63, 3.8) is 0 Å². The Kier molecular flexibility index (Phi) is 3.51. The summed E-state index contributed by atoms with van der Waals surface area (Å²) in [4.78, 5) is 0. The van der Waals surface area contributed by atoms with Gasteiger partial charge in [0.25, 0.3) is 0 Å². The fourth-order valence-corrected chi connectivity index (χ4v) is 1.46.